The highest BCUT2D eigenvalue weighted by Gasteiger charge is 2.15. The molecule has 0 amide bonds. The molecule has 0 aliphatic carbocycles. The van der Waals surface area contributed by atoms with Crippen LogP contribution in [0.5, 0.6) is 0 Å². The first-order chi connectivity index (χ1) is 7.00. The van der Waals surface area contributed by atoms with Crippen LogP contribution in [-0.2, 0) is 0 Å². The topological polar surface area (TPSA) is 43.6 Å². The molecule has 2 aromatic heterocycles. The first-order valence-corrected chi connectivity index (χ1v) is 5.27. The van der Waals surface area contributed by atoms with Gasteiger partial charge in [-0.3, -0.25) is 0 Å². The van der Waals surface area contributed by atoms with Gasteiger partial charge in [0.1, 0.15) is 17.2 Å². The molecular weight excluding hydrogens is 212 g/mol. The Labute approximate surface area is 93.3 Å². The maximum Gasteiger partial charge on any atom is 0.165 e. The Morgan fingerprint density at radius 1 is 1.13 bits per heavy atom. The summed E-state index contributed by atoms with van der Waals surface area (Å²) in [5, 5.41) is 0.431. The van der Waals surface area contributed by atoms with Gasteiger partial charge in [0.2, 0.25) is 0 Å². The summed E-state index contributed by atoms with van der Waals surface area (Å²) in [4.78, 5) is 12.9. The summed E-state index contributed by atoms with van der Waals surface area (Å²) in [5.41, 5.74) is 1.51. The summed E-state index contributed by atoms with van der Waals surface area (Å²) in [5.74, 6) is 1.59. The van der Waals surface area contributed by atoms with E-state index in [9.17, 15) is 0 Å². The number of aromatic nitrogens is 4. The fourth-order valence-electron chi connectivity index (χ4n) is 1.77. The van der Waals surface area contributed by atoms with Crippen molar-refractivity contribution in [2.75, 3.05) is 0 Å². The summed E-state index contributed by atoms with van der Waals surface area (Å²) < 4.78 is 2.07. The molecule has 0 fully saturated rings. The van der Waals surface area contributed by atoms with Gasteiger partial charge in [-0.2, -0.15) is 0 Å². The van der Waals surface area contributed by atoms with Gasteiger partial charge in [-0.25, -0.2) is 15.0 Å². The summed E-state index contributed by atoms with van der Waals surface area (Å²) in [6.07, 6.45) is 0. The molecule has 0 spiro atoms. The Bertz CT molecular complexity index is 516. The first kappa shape index (κ1) is 10.4. The Morgan fingerprint density at radius 3 is 2.40 bits per heavy atom. The minimum atomic E-state index is 0.320. The van der Waals surface area contributed by atoms with Crippen LogP contribution < -0.4 is 0 Å². The Kier molecular flexibility index (Phi) is 2.38. The van der Waals surface area contributed by atoms with E-state index in [1.807, 2.05) is 13.8 Å². The molecule has 0 bridgehead atoms. The van der Waals surface area contributed by atoms with Gasteiger partial charge in [0.05, 0.1) is 0 Å². The standard InChI is InChI=1S/C10H13ClN4/c1-5(2)15-7(4)14-8-9(11)12-6(3)13-10(8)15/h5H,1-4H3. The Hall–Kier alpha value is -1.16. The van der Waals surface area contributed by atoms with Gasteiger partial charge in [0.15, 0.2) is 10.8 Å². The Morgan fingerprint density at radius 2 is 1.80 bits per heavy atom. The number of hydrogen-bond acceptors (Lipinski definition) is 3. The van der Waals surface area contributed by atoms with Crippen molar-refractivity contribution in [3.8, 4) is 0 Å². The third-order valence-corrected chi connectivity index (χ3v) is 2.57. The van der Waals surface area contributed by atoms with E-state index < -0.39 is 0 Å². The molecular formula is C10H13ClN4. The average Bonchev–Trinajstić information content (AvgIpc) is 2.41. The zero-order valence-electron chi connectivity index (χ0n) is 9.24. The first-order valence-electron chi connectivity index (χ1n) is 4.89. The largest absolute Gasteiger partial charge is 0.310 e. The predicted molar refractivity (Wildman–Crippen MR) is 60.2 cm³/mol. The molecule has 80 valence electrons. The smallest absolute Gasteiger partial charge is 0.165 e. The maximum absolute atomic E-state index is 6.03. The molecule has 2 aromatic rings. The average molecular weight is 225 g/mol. The van der Waals surface area contributed by atoms with Crippen molar-refractivity contribution in [1.82, 2.24) is 19.5 Å². The molecule has 2 heterocycles. The van der Waals surface area contributed by atoms with E-state index in [4.69, 9.17) is 11.6 Å². The van der Waals surface area contributed by atoms with Crippen molar-refractivity contribution in [1.29, 1.82) is 0 Å². The molecule has 15 heavy (non-hydrogen) atoms. The van der Waals surface area contributed by atoms with Crippen molar-refractivity contribution in [3.63, 3.8) is 0 Å². The number of fused-ring (bicyclic) bond motifs is 1. The summed E-state index contributed by atoms with van der Waals surface area (Å²) in [7, 11) is 0. The zero-order valence-corrected chi connectivity index (χ0v) is 10.0. The number of rotatable bonds is 1. The second-order valence-electron chi connectivity index (χ2n) is 3.86. The molecule has 0 unspecified atom stereocenters. The van der Waals surface area contributed by atoms with Crippen LogP contribution in [0.25, 0.3) is 11.2 Å². The van der Waals surface area contributed by atoms with Crippen LogP contribution in [0.1, 0.15) is 31.5 Å². The number of aryl methyl sites for hydroxylation is 2. The lowest BCUT2D eigenvalue weighted by atomic mass is 10.4. The highest BCUT2D eigenvalue weighted by atomic mass is 35.5. The number of imidazole rings is 1. The minimum Gasteiger partial charge on any atom is -0.310 e. The van der Waals surface area contributed by atoms with Gasteiger partial charge >= 0.3 is 0 Å². The quantitative estimate of drug-likeness (QED) is 0.700. The maximum atomic E-state index is 6.03. The summed E-state index contributed by atoms with van der Waals surface area (Å²) in [6, 6.07) is 0.320. The molecule has 0 saturated heterocycles. The van der Waals surface area contributed by atoms with E-state index in [0.29, 0.717) is 22.5 Å². The summed E-state index contributed by atoms with van der Waals surface area (Å²) >= 11 is 6.03. The van der Waals surface area contributed by atoms with Gasteiger partial charge in [0.25, 0.3) is 0 Å². The van der Waals surface area contributed by atoms with Gasteiger partial charge < -0.3 is 4.57 Å². The zero-order chi connectivity index (χ0) is 11.2. The second-order valence-corrected chi connectivity index (χ2v) is 4.21. The van der Waals surface area contributed by atoms with E-state index in [2.05, 4.69) is 33.4 Å². The van der Waals surface area contributed by atoms with Crippen molar-refractivity contribution < 1.29 is 0 Å². The monoisotopic (exact) mass is 224 g/mol. The number of halogens is 1. The van der Waals surface area contributed by atoms with Crippen LogP contribution in [0.2, 0.25) is 5.15 Å². The summed E-state index contributed by atoms with van der Waals surface area (Å²) in [6.45, 7) is 7.98. The van der Waals surface area contributed by atoms with Crippen molar-refractivity contribution in [2.24, 2.45) is 0 Å². The van der Waals surface area contributed by atoms with Gasteiger partial charge in [0, 0.05) is 6.04 Å². The highest BCUT2D eigenvalue weighted by molar-refractivity contribution is 6.33. The Balaban J connectivity index is 2.86. The lowest BCUT2D eigenvalue weighted by molar-refractivity contribution is 0.595. The lowest BCUT2D eigenvalue weighted by Crippen LogP contribution is -2.04. The van der Waals surface area contributed by atoms with Gasteiger partial charge in [-0.1, -0.05) is 11.6 Å². The minimum absolute atomic E-state index is 0.320. The fraction of sp³-hybridized carbons (Fsp3) is 0.500. The van der Waals surface area contributed by atoms with E-state index >= 15 is 0 Å². The van der Waals surface area contributed by atoms with E-state index in [1.165, 1.54) is 0 Å². The van der Waals surface area contributed by atoms with Crippen molar-refractivity contribution >= 4 is 22.8 Å². The predicted octanol–water partition coefficient (Wildman–Crippen LogP) is 2.68. The molecule has 0 saturated carbocycles. The lowest BCUT2D eigenvalue weighted by Gasteiger charge is -2.09. The molecule has 0 N–H and O–H groups in total. The van der Waals surface area contributed by atoms with Crippen molar-refractivity contribution in [2.45, 2.75) is 33.7 Å². The molecule has 0 aromatic carbocycles. The van der Waals surface area contributed by atoms with E-state index in [0.717, 1.165) is 11.5 Å². The second kappa shape index (κ2) is 3.45. The van der Waals surface area contributed by atoms with Crippen LogP contribution in [0.15, 0.2) is 0 Å². The van der Waals surface area contributed by atoms with Crippen LogP contribution in [0.4, 0.5) is 0 Å². The fourth-order valence-corrected chi connectivity index (χ4v) is 2.02. The molecule has 0 aliphatic heterocycles. The van der Waals surface area contributed by atoms with Crippen LogP contribution in [-0.4, -0.2) is 19.5 Å². The highest BCUT2D eigenvalue weighted by Crippen LogP contribution is 2.23. The van der Waals surface area contributed by atoms with E-state index in [-0.39, 0.29) is 0 Å². The molecule has 0 aliphatic rings. The van der Waals surface area contributed by atoms with Crippen LogP contribution in [0, 0.1) is 13.8 Å². The van der Waals surface area contributed by atoms with E-state index in [1.54, 1.807) is 0 Å². The van der Waals surface area contributed by atoms with Gasteiger partial charge in [-0.05, 0) is 27.7 Å². The SMILES string of the molecule is Cc1nc(Cl)c2nc(C)n(C(C)C)c2n1. The molecule has 0 radical (unpaired) electrons. The molecule has 4 nitrogen and oxygen atoms in total. The van der Waals surface area contributed by atoms with Crippen molar-refractivity contribution in [3.05, 3.63) is 16.8 Å². The van der Waals surface area contributed by atoms with Gasteiger partial charge in [-0.15, -0.1) is 0 Å². The molecule has 5 heteroatoms. The number of hydrogen-bond donors (Lipinski definition) is 0. The normalized spacial score (nSPS) is 11.6. The molecule has 2 rings (SSSR count). The molecule has 0 atom stereocenters. The third kappa shape index (κ3) is 1.59. The third-order valence-electron chi connectivity index (χ3n) is 2.30. The van der Waals surface area contributed by atoms with Crippen LogP contribution in [0.3, 0.4) is 0 Å². The number of nitrogens with zero attached hydrogens (tertiary/aromatic N) is 4. The van der Waals surface area contributed by atoms with Crippen LogP contribution >= 0.6 is 11.6 Å².